The van der Waals surface area contributed by atoms with Crippen LogP contribution in [0.2, 0.25) is 0 Å². The molecule has 0 saturated carbocycles. The van der Waals surface area contributed by atoms with Crippen molar-refractivity contribution in [1.82, 2.24) is 4.57 Å². The summed E-state index contributed by atoms with van der Waals surface area (Å²) in [5.41, 5.74) is 3.79. The largest absolute Gasteiger partial charge is 0.464 e. The van der Waals surface area contributed by atoms with E-state index < -0.39 is 6.09 Å². The van der Waals surface area contributed by atoms with Gasteiger partial charge in [-0.2, -0.15) is 0 Å². The predicted octanol–water partition coefficient (Wildman–Crippen LogP) is 2.70. The maximum absolute atomic E-state index is 11.0. The summed E-state index contributed by atoms with van der Waals surface area (Å²) in [4.78, 5) is 21.2. The quantitative estimate of drug-likeness (QED) is 0.762. The lowest BCUT2D eigenvalue weighted by molar-refractivity contribution is -0.111. The molecule has 3 rings (SSSR count). The lowest BCUT2D eigenvalue weighted by Crippen LogP contribution is -2.03. The highest BCUT2D eigenvalue weighted by Crippen LogP contribution is 2.30. The van der Waals surface area contributed by atoms with Crippen LogP contribution in [0.4, 0.5) is 4.79 Å². The van der Waals surface area contributed by atoms with Crippen molar-refractivity contribution < 1.29 is 14.7 Å². The molecule has 0 unspecified atom stereocenters. The molecule has 0 saturated heterocycles. The number of carbonyl (C=O) groups excluding carboxylic acids is 1. The molecule has 0 spiro atoms. The second-order valence-corrected chi connectivity index (χ2v) is 4.24. The minimum Gasteiger partial charge on any atom is -0.464 e. The number of hydrogen-bond acceptors (Lipinski definition) is 2. The van der Waals surface area contributed by atoms with E-state index in [2.05, 4.69) is 0 Å². The van der Waals surface area contributed by atoms with E-state index in [4.69, 9.17) is 5.11 Å². The van der Waals surface area contributed by atoms with E-state index in [-0.39, 0.29) is 5.78 Å². The Kier molecular flexibility index (Phi) is 3.02. The number of Topliss-reactive ketones (excluding diaryl/α,β-unsaturated/α-hetero) is 1. The number of carboxylic acid groups (broad SMARTS) is 1. The summed E-state index contributed by atoms with van der Waals surface area (Å²) in [6.07, 6.45) is 7.80. The topological polar surface area (TPSA) is 59.3 Å². The highest BCUT2D eigenvalue weighted by molar-refractivity contribution is 6.19. The lowest BCUT2D eigenvalue weighted by Gasteiger charge is -1.89. The average molecular weight is 243 g/mol. The Hall–Kier alpha value is -2.36. The minimum atomic E-state index is -0.942. The Bertz CT molecular complexity index is 615. The van der Waals surface area contributed by atoms with Crippen LogP contribution in [0.5, 0.6) is 0 Å². The molecule has 0 radical (unpaired) electrons. The number of hydrogen-bond donors (Lipinski definition) is 1. The zero-order valence-electron chi connectivity index (χ0n) is 10.2. The van der Waals surface area contributed by atoms with Crippen molar-refractivity contribution in [3.63, 3.8) is 0 Å². The van der Waals surface area contributed by atoms with Gasteiger partial charge >= 0.3 is 6.09 Å². The van der Waals surface area contributed by atoms with Crippen LogP contribution in [0.15, 0.2) is 53.4 Å². The van der Waals surface area contributed by atoms with E-state index in [0.29, 0.717) is 0 Å². The van der Waals surface area contributed by atoms with E-state index in [1.54, 1.807) is 12.3 Å². The summed E-state index contributed by atoms with van der Waals surface area (Å²) in [6.45, 7) is 3.81. The second kappa shape index (κ2) is 4.49. The first-order chi connectivity index (χ1) is 8.49. The first kappa shape index (κ1) is 12.1. The van der Waals surface area contributed by atoms with E-state index >= 15 is 0 Å². The number of aryl methyl sites for hydroxylation is 1. The van der Waals surface area contributed by atoms with Gasteiger partial charge in [0.1, 0.15) is 0 Å². The molecule has 4 heteroatoms. The summed E-state index contributed by atoms with van der Waals surface area (Å²) in [5, 5.41) is 8.36. The molecule has 2 aliphatic rings. The van der Waals surface area contributed by atoms with Gasteiger partial charge in [-0.3, -0.25) is 9.36 Å². The molecular formula is C14H13NO3. The van der Waals surface area contributed by atoms with Gasteiger partial charge in [0.2, 0.25) is 0 Å². The molecule has 1 heterocycles. The van der Waals surface area contributed by atoms with Crippen molar-refractivity contribution >= 4 is 11.9 Å². The molecule has 1 aromatic heterocycles. The second-order valence-electron chi connectivity index (χ2n) is 4.24. The van der Waals surface area contributed by atoms with Crippen LogP contribution in [0.3, 0.4) is 0 Å². The molecule has 18 heavy (non-hydrogen) atoms. The van der Waals surface area contributed by atoms with Gasteiger partial charge in [-0.1, -0.05) is 12.2 Å². The van der Waals surface area contributed by atoms with Crippen molar-refractivity contribution in [2.24, 2.45) is 0 Å². The Morgan fingerprint density at radius 1 is 1.28 bits per heavy atom. The maximum atomic E-state index is 11.0. The molecule has 0 fully saturated rings. The van der Waals surface area contributed by atoms with Crippen LogP contribution in [-0.2, 0) is 4.79 Å². The van der Waals surface area contributed by atoms with Gasteiger partial charge in [-0.15, -0.1) is 0 Å². The van der Waals surface area contributed by atoms with E-state index in [1.165, 1.54) is 6.20 Å². The zero-order chi connectivity index (χ0) is 13.3. The summed E-state index contributed by atoms with van der Waals surface area (Å²) < 4.78 is 1.12. The van der Waals surface area contributed by atoms with Gasteiger partial charge in [0.15, 0.2) is 5.78 Å². The summed E-state index contributed by atoms with van der Waals surface area (Å²) in [5.74, 6) is 0.201. The van der Waals surface area contributed by atoms with Crippen molar-refractivity contribution in [3.8, 4) is 0 Å². The van der Waals surface area contributed by atoms with Crippen LogP contribution >= 0.6 is 0 Å². The third-order valence-electron chi connectivity index (χ3n) is 2.79. The molecular weight excluding hydrogens is 230 g/mol. The van der Waals surface area contributed by atoms with Crippen molar-refractivity contribution in [1.29, 1.82) is 0 Å². The van der Waals surface area contributed by atoms with Gasteiger partial charge in [-0.25, -0.2) is 4.79 Å². The Labute approximate surface area is 105 Å². The fraction of sp³-hybridized carbons (Fsp3) is 0.143. The van der Waals surface area contributed by atoms with Crippen molar-refractivity contribution in [2.45, 2.75) is 13.8 Å². The van der Waals surface area contributed by atoms with Crippen LogP contribution in [-0.4, -0.2) is 21.6 Å². The summed E-state index contributed by atoms with van der Waals surface area (Å²) >= 11 is 0. The third kappa shape index (κ3) is 2.18. The number of nitrogens with zero attached hydrogens (tertiary/aromatic N) is 1. The number of carbonyl (C=O) groups is 2. The van der Waals surface area contributed by atoms with E-state index in [1.807, 2.05) is 32.1 Å². The van der Waals surface area contributed by atoms with Gasteiger partial charge in [0.05, 0.1) is 0 Å². The van der Waals surface area contributed by atoms with Gasteiger partial charge < -0.3 is 5.11 Å². The lowest BCUT2D eigenvalue weighted by atomic mass is 10.1. The predicted molar refractivity (Wildman–Crippen MR) is 67.5 cm³/mol. The molecule has 0 amide bonds. The van der Waals surface area contributed by atoms with Crippen LogP contribution in [0.25, 0.3) is 0 Å². The Morgan fingerprint density at radius 3 is 2.22 bits per heavy atom. The highest BCUT2D eigenvalue weighted by Gasteiger charge is 2.25. The third-order valence-corrected chi connectivity index (χ3v) is 2.79. The maximum Gasteiger partial charge on any atom is 0.415 e. The summed E-state index contributed by atoms with van der Waals surface area (Å²) in [7, 11) is 0. The minimum absolute atomic E-state index is 0.201. The van der Waals surface area contributed by atoms with E-state index in [9.17, 15) is 9.59 Å². The molecule has 2 bridgehead atoms. The van der Waals surface area contributed by atoms with Crippen LogP contribution < -0.4 is 0 Å². The number of ketones is 1. The molecule has 4 nitrogen and oxygen atoms in total. The number of aromatic nitrogens is 1. The first-order valence-corrected chi connectivity index (χ1v) is 5.52. The molecule has 1 N–H and O–H groups in total. The molecule has 1 aromatic rings. The SMILES string of the molecule is CC1=CC2=CC=C1C2=O.Cc1ccn(C(=O)O)c1. The van der Waals surface area contributed by atoms with Gasteiger partial charge in [-0.05, 0) is 37.1 Å². The van der Waals surface area contributed by atoms with Crippen LogP contribution in [0.1, 0.15) is 12.5 Å². The van der Waals surface area contributed by atoms with Gasteiger partial charge in [0, 0.05) is 23.5 Å². The van der Waals surface area contributed by atoms with E-state index in [0.717, 1.165) is 26.8 Å². The fourth-order valence-corrected chi connectivity index (χ4v) is 1.84. The van der Waals surface area contributed by atoms with Crippen LogP contribution in [0, 0.1) is 6.92 Å². The molecule has 0 atom stereocenters. The molecule has 0 aliphatic heterocycles. The zero-order valence-corrected chi connectivity index (χ0v) is 10.2. The monoisotopic (exact) mass is 243 g/mol. The van der Waals surface area contributed by atoms with Gasteiger partial charge in [0.25, 0.3) is 0 Å². The normalized spacial score (nSPS) is 15.7. The smallest absolute Gasteiger partial charge is 0.415 e. The number of allylic oxidation sites excluding steroid dienone is 6. The molecule has 2 aliphatic carbocycles. The van der Waals surface area contributed by atoms with Crippen molar-refractivity contribution in [2.75, 3.05) is 0 Å². The molecule has 92 valence electrons. The molecule has 0 aromatic carbocycles. The van der Waals surface area contributed by atoms with Crippen molar-refractivity contribution in [3.05, 3.63) is 59.0 Å². The average Bonchev–Trinajstić information content (AvgIpc) is 2.95. The Balaban J connectivity index is 0.000000134. The fourth-order valence-electron chi connectivity index (χ4n) is 1.84. The number of fused-ring (bicyclic) bond motifs is 2. The summed E-state index contributed by atoms with van der Waals surface area (Å²) in [6, 6.07) is 1.74. The standard InChI is InChI=1S/C8H6O.C6H7NO2/c1-5-4-6-2-3-7(5)8(6)9;1-5-2-3-7(4-5)6(8)9/h2-4H,1H3;2-4H,1H3,(H,8,9). The highest BCUT2D eigenvalue weighted by atomic mass is 16.4. The first-order valence-electron chi connectivity index (χ1n) is 5.52. The Morgan fingerprint density at radius 2 is 2.00 bits per heavy atom. The number of rotatable bonds is 0.